The van der Waals surface area contributed by atoms with Crippen molar-refractivity contribution in [3.63, 3.8) is 0 Å². The molecule has 0 spiro atoms. The molecule has 0 fully saturated rings. The van der Waals surface area contributed by atoms with Crippen molar-refractivity contribution in [1.82, 2.24) is 20.6 Å². The minimum absolute atomic E-state index is 0. The van der Waals surface area contributed by atoms with Crippen molar-refractivity contribution in [2.45, 2.75) is 33.7 Å². The second-order valence-corrected chi connectivity index (χ2v) is 7.25. The average Bonchev–Trinajstić information content (AvgIpc) is 2.98. The summed E-state index contributed by atoms with van der Waals surface area (Å²) in [5.41, 5.74) is 2.15. The summed E-state index contributed by atoms with van der Waals surface area (Å²) in [5.74, 6) is 1.39. The molecule has 28 heavy (non-hydrogen) atoms. The summed E-state index contributed by atoms with van der Waals surface area (Å²) in [6.45, 7) is 9.41. The van der Waals surface area contributed by atoms with Crippen molar-refractivity contribution >= 4 is 41.3 Å². The van der Waals surface area contributed by atoms with Crippen LogP contribution in [0.5, 0.6) is 5.88 Å². The Morgan fingerprint density at radius 2 is 2.04 bits per heavy atom. The number of nitrogens with one attached hydrogen (secondary N) is 2. The fourth-order valence-corrected chi connectivity index (χ4v) is 3.20. The number of aryl methyl sites for hydroxylation is 2. The predicted octanol–water partition coefficient (Wildman–Crippen LogP) is 3.10. The zero-order chi connectivity index (χ0) is 19.5. The Morgan fingerprint density at radius 1 is 1.21 bits per heavy atom. The van der Waals surface area contributed by atoms with Crippen LogP contribution in [0, 0.1) is 13.8 Å². The first kappa shape index (κ1) is 24.6. The molecule has 0 aliphatic carbocycles. The molecule has 2 aromatic rings. The predicted molar refractivity (Wildman–Crippen MR) is 125 cm³/mol. The van der Waals surface area contributed by atoms with Gasteiger partial charge in [-0.15, -0.1) is 35.3 Å². The zero-order valence-corrected chi connectivity index (χ0v) is 20.1. The summed E-state index contributed by atoms with van der Waals surface area (Å²) >= 11 is 1.76. The maximum Gasteiger partial charge on any atom is 0.213 e. The molecular weight excluding hydrogens is 489 g/mol. The lowest BCUT2D eigenvalue weighted by Crippen LogP contribution is -2.38. The van der Waals surface area contributed by atoms with Gasteiger partial charge in [-0.3, -0.25) is 0 Å². The van der Waals surface area contributed by atoms with E-state index in [2.05, 4.69) is 46.4 Å². The lowest BCUT2D eigenvalue weighted by molar-refractivity contribution is 0.143. The molecule has 156 valence electrons. The van der Waals surface area contributed by atoms with E-state index in [1.807, 2.05) is 12.1 Å². The van der Waals surface area contributed by atoms with Gasteiger partial charge in [-0.05, 0) is 26.3 Å². The minimum Gasteiger partial charge on any atom is -0.475 e. The first-order valence-corrected chi connectivity index (χ1v) is 9.95. The summed E-state index contributed by atoms with van der Waals surface area (Å²) in [5, 5.41) is 7.78. The standard InChI is InChI=1S/C19H29N5O2S.HI/c1-5-20-19(21-9-8-18-24-14(2)15(3)27-18)23-13-16-6-7-17(22-12-16)26-11-10-25-4;/h6-7,12H,5,8-11,13H2,1-4H3,(H2,20,21,23);1H. The van der Waals surface area contributed by atoms with E-state index in [-0.39, 0.29) is 24.0 Å². The summed E-state index contributed by atoms with van der Waals surface area (Å²) in [4.78, 5) is 14.8. The van der Waals surface area contributed by atoms with Crippen LogP contribution in [0.3, 0.4) is 0 Å². The Labute approximate surface area is 188 Å². The van der Waals surface area contributed by atoms with Crippen molar-refractivity contribution in [2.75, 3.05) is 33.4 Å². The van der Waals surface area contributed by atoms with Gasteiger partial charge >= 0.3 is 0 Å². The van der Waals surface area contributed by atoms with Crippen LogP contribution in [0.1, 0.15) is 28.1 Å². The molecule has 2 aromatic heterocycles. The van der Waals surface area contributed by atoms with Gasteiger partial charge in [0.1, 0.15) is 6.61 Å². The molecule has 0 amide bonds. The zero-order valence-electron chi connectivity index (χ0n) is 16.9. The average molecular weight is 519 g/mol. The topological polar surface area (TPSA) is 80.7 Å². The molecule has 2 N–H and O–H groups in total. The first-order chi connectivity index (χ1) is 13.1. The van der Waals surface area contributed by atoms with Gasteiger partial charge in [0.25, 0.3) is 0 Å². The molecule has 0 aliphatic rings. The molecule has 7 nitrogen and oxygen atoms in total. The molecule has 0 radical (unpaired) electrons. The van der Waals surface area contributed by atoms with Crippen LogP contribution in [0.25, 0.3) is 0 Å². The number of guanidine groups is 1. The van der Waals surface area contributed by atoms with Crippen molar-refractivity contribution in [3.05, 3.63) is 39.5 Å². The van der Waals surface area contributed by atoms with Gasteiger partial charge in [0.05, 0.1) is 23.9 Å². The molecule has 2 rings (SSSR count). The van der Waals surface area contributed by atoms with Crippen molar-refractivity contribution in [1.29, 1.82) is 0 Å². The minimum atomic E-state index is 0. The second kappa shape index (κ2) is 13.7. The second-order valence-electron chi connectivity index (χ2n) is 5.97. The monoisotopic (exact) mass is 519 g/mol. The summed E-state index contributed by atoms with van der Waals surface area (Å²) in [6.07, 6.45) is 2.68. The van der Waals surface area contributed by atoms with Gasteiger partial charge in [0, 0.05) is 43.8 Å². The number of methoxy groups -OCH3 is 1. The Morgan fingerprint density at radius 3 is 2.64 bits per heavy atom. The van der Waals surface area contributed by atoms with Gasteiger partial charge in [-0.25, -0.2) is 15.0 Å². The van der Waals surface area contributed by atoms with E-state index < -0.39 is 0 Å². The molecule has 0 saturated carbocycles. The van der Waals surface area contributed by atoms with Crippen LogP contribution in [0.4, 0.5) is 0 Å². The summed E-state index contributed by atoms with van der Waals surface area (Å²) in [6, 6.07) is 3.83. The van der Waals surface area contributed by atoms with Gasteiger partial charge in [-0.1, -0.05) is 6.07 Å². The van der Waals surface area contributed by atoms with Crippen LogP contribution >= 0.6 is 35.3 Å². The van der Waals surface area contributed by atoms with Crippen molar-refractivity contribution in [2.24, 2.45) is 4.99 Å². The molecule has 0 aromatic carbocycles. The van der Waals surface area contributed by atoms with Crippen LogP contribution < -0.4 is 15.4 Å². The highest BCUT2D eigenvalue weighted by Crippen LogP contribution is 2.16. The van der Waals surface area contributed by atoms with E-state index in [0.29, 0.717) is 25.6 Å². The molecule has 0 unspecified atom stereocenters. The number of pyridine rings is 1. The van der Waals surface area contributed by atoms with E-state index in [9.17, 15) is 0 Å². The number of hydrogen-bond donors (Lipinski definition) is 2. The third kappa shape index (κ3) is 8.70. The lowest BCUT2D eigenvalue weighted by atomic mass is 10.3. The van der Waals surface area contributed by atoms with Gasteiger partial charge in [-0.2, -0.15) is 0 Å². The molecule has 0 bridgehead atoms. The fourth-order valence-electron chi connectivity index (χ4n) is 2.27. The number of halogens is 1. The third-order valence-electron chi connectivity index (χ3n) is 3.80. The SMILES string of the molecule is CCNC(=NCc1ccc(OCCOC)nc1)NCCc1nc(C)c(C)s1.I. The van der Waals surface area contributed by atoms with Crippen molar-refractivity contribution < 1.29 is 9.47 Å². The normalized spacial score (nSPS) is 11.1. The number of aromatic nitrogens is 2. The van der Waals surface area contributed by atoms with Crippen LogP contribution in [-0.4, -0.2) is 49.3 Å². The highest BCUT2D eigenvalue weighted by atomic mass is 127. The molecular formula is C19H30IN5O2S. The maximum atomic E-state index is 5.47. The van der Waals surface area contributed by atoms with Crippen molar-refractivity contribution in [3.8, 4) is 5.88 Å². The molecule has 2 heterocycles. The van der Waals surface area contributed by atoms with E-state index >= 15 is 0 Å². The van der Waals surface area contributed by atoms with Crippen LogP contribution in [0.15, 0.2) is 23.3 Å². The number of ether oxygens (including phenoxy) is 2. The van der Waals surface area contributed by atoms with Gasteiger partial charge < -0.3 is 20.1 Å². The van der Waals surface area contributed by atoms with Gasteiger partial charge in [0.15, 0.2) is 5.96 Å². The largest absolute Gasteiger partial charge is 0.475 e. The van der Waals surface area contributed by atoms with E-state index in [1.165, 1.54) is 4.88 Å². The Bertz CT molecular complexity index is 702. The summed E-state index contributed by atoms with van der Waals surface area (Å²) < 4.78 is 10.4. The first-order valence-electron chi connectivity index (χ1n) is 9.14. The maximum absolute atomic E-state index is 5.47. The lowest BCUT2D eigenvalue weighted by Gasteiger charge is -2.10. The smallest absolute Gasteiger partial charge is 0.213 e. The Hall–Kier alpha value is -1.46. The molecule has 0 saturated heterocycles. The number of thiazole rings is 1. The molecule has 0 aliphatic heterocycles. The quantitative estimate of drug-likeness (QED) is 0.217. The Kier molecular flexibility index (Phi) is 12.0. The molecule has 0 atom stereocenters. The highest BCUT2D eigenvalue weighted by Gasteiger charge is 2.04. The number of aliphatic imine (C=N–C) groups is 1. The fraction of sp³-hybridized carbons (Fsp3) is 0.526. The number of nitrogens with zero attached hydrogens (tertiary/aromatic N) is 3. The van der Waals surface area contributed by atoms with Gasteiger partial charge in [0.2, 0.25) is 5.88 Å². The molecule has 9 heteroatoms. The summed E-state index contributed by atoms with van der Waals surface area (Å²) in [7, 11) is 1.65. The highest BCUT2D eigenvalue weighted by molar-refractivity contribution is 14.0. The van der Waals surface area contributed by atoms with Crippen LogP contribution in [-0.2, 0) is 17.7 Å². The number of rotatable bonds is 10. The third-order valence-corrected chi connectivity index (χ3v) is 4.94. The Balaban J connectivity index is 0.00000392. The van der Waals surface area contributed by atoms with E-state index in [1.54, 1.807) is 24.6 Å². The number of hydrogen-bond acceptors (Lipinski definition) is 6. The van der Waals surface area contributed by atoms with E-state index in [0.717, 1.165) is 41.7 Å². The van der Waals surface area contributed by atoms with Crippen LogP contribution in [0.2, 0.25) is 0 Å². The van der Waals surface area contributed by atoms with E-state index in [4.69, 9.17) is 9.47 Å².